The van der Waals surface area contributed by atoms with Crippen LogP contribution >= 0.6 is 0 Å². The van der Waals surface area contributed by atoms with Crippen molar-refractivity contribution in [1.29, 1.82) is 0 Å². The van der Waals surface area contributed by atoms with Crippen molar-refractivity contribution in [2.45, 2.75) is 26.3 Å². The van der Waals surface area contributed by atoms with E-state index in [0.29, 0.717) is 11.6 Å². The van der Waals surface area contributed by atoms with Crippen LogP contribution in [0.5, 0.6) is 0 Å². The third-order valence-corrected chi connectivity index (χ3v) is 2.45. The summed E-state index contributed by atoms with van der Waals surface area (Å²) in [6, 6.07) is 0.128. The average Bonchev–Trinajstić information content (AvgIpc) is 2.53. The van der Waals surface area contributed by atoms with Gasteiger partial charge in [0.05, 0.1) is 7.11 Å². The van der Waals surface area contributed by atoms with Crippen molar-refractivity contribution < 1.29 is 9.53 Å². The third kappa shape index (κ3) is 2.08. The summed E-state index contributed by atoms with van der Waals surface area (Å²) in [5.74, 6) is 0.538. The van der Waals surface area contributed by atoms with Crippen LogP contribution in [0, 0.1) is 6.92 Å². The Morgan fingerprint density at radius 2 is 2.38 bits per heavy atom. The van der Waals surface area contributed by atoms with E-state index in [2.05, 4.69) is 16.3 Å². The molecule has 2 N–H and O–H groups in total. The molecule has 0 aliphatic rings. The molecule has 1 heterocycles. The number of allylic oxidation sites excluding steroid dienone is 1. The Bertz CT molecular complexity index is 410. The molecule has 0 aliphatic carbocycles. The first-order chi connectivity index (χ1) is 7.52. The summed E-state index contributed by atoms with van der Waals surface area (Å²) in [7, 11) is 1.31. The number of nitrogens with zero attached hydrogens (tertiary/aromatic N) is 2. The van der Waals surface area contributed by atoms with Crippen LogP contribution in [0.25, 0.3) is 0 Å². The molecule has 0 bridgehead atoms. The molecule has 0 saturated heterocycles. The molecule has 0 fully saturated rings. The Balaban J connectivity index is 3.16. The number of methoxy groups -OCH3 is 1. The number of aromatic nitrogens is 2. The number of imidazole rings is 1. The minimum Gasteiger partial charge on any atom is -0.464 e. The second-order valence-electron chi connectivity index (χ2n) is 3.63. The standard InChI is InChI=1S/C11H17N3O2/c1-5-6-7(2)14-8(3)13-9(10(14)12)11(15)16-4/h5,7H,1,6,12H2,2-4H3. The topological polar surface area (TPSA) is 70.1 Å². The van der Waals surface area contributed by atoms with Gasteiger partial charge in [-0.2, -0.15) is 0 Å². The lowest BCUT2D eigenvalue weighted by molar-refractivity contribution is 0.0595. The number of anilines is 1. The maximum absolute atomic E-state index is 11.4. The van der Waals surface area contributed by atoms with Gasteiger partial charge >= 0.3 is 5.97 Å². The zero-order chi connectivity index (χ0) is 12.3. The van der Waals surface area contributed by atoms with E-state index in [1.54, 1.807) is 6.08 Å². The third-order valence-electron chi connectivity index (χ3n) is 2.45. The largest absolute Gasteiger partial charge is 0.464 e. The molecular weight excluding hydrogens is 206 g/mol. The molecule has 5 nitrogen and oxygen atoms in total. The van der Waals surface area contributed by atoms with Crippen molar-refractivity contribution in [2.75, 3.05) is 12.8 Å². The zero-order valence-electron chi connectivity index (χ0n) is 9.86. The maximum atomic E-state index is 11.4. The van der Waals surface area contributed by atoms with Crippen molar-refractivity contribution in [3.63, 3.8) is 0 Å². The fourth-order valence-electron chi connectivity index (χ4n) is 1.71. The lowest BCUT2D eigenvalue weighted by Crippen LogP contribution is -2.11. The van der Waals surface area contributed by atoms with Gasteiger partial charge in [-0.1, -0.05) is 6.08 Å². The van der Waals surface area contributed by atoms with Gasteiger partial charge < -0.3 is 15.0 Å². The number of rotatable bonds is 4. The number of carbonyl (C=O) groups is 1. The molecule has 0 amide bonds. The maximum Gasteiger partial charge on any atom is 0.360 e. The molecule has 1 aromatic rings. The van der Waals surface area contributed by atoms with E-state index in [9.17, 15) is 4.79 Å². The fourth-order valence-corrected chi connectivity index (χ4v) is 1.71. The van der Waals surface area contributed by atoms with E-state index < -0.39 is 5.97 Å². The highest BCUT2D eigenvalue weighted by atomic mass is 16.5. The molecule has 5 heteroatoms. The molecule has 0 radical (unpaired) electrons. The van der Waals surface area contributed by atoms with E-state index in [4.69, 9.17) is 5.73 Å². The Morgan fingerprint density at radius 3 is 2.88 bits per heavy atom. The minimum absolute atomic E-state index is 0.128. The van der Waals surface area contributed by atoms with Crippen LogP contribution in [0.3, 0.4) is 0 Å². The monoisotopic (exact) mass is 223 g/mol. The SMILES string of the molecule is C=CCC(C)n1c(C)nc(C(=O)OC)c1N. The van der Waals surface area contributed by atoms with Crippen LogP contribution in [-0.4, -0.2) is 22.6 Å². The second kappa shape index (κ2) is 4.83. The van der Waals surface area contributed by atoms with Crippen LogP contribution < -0.4 is 5.73 Å². The Hall–Kier alpha value is -1.78. The number of carbonyl (C=O) groups excluding carboxylic acids is 1. The Kier molecular flexibility index (Phi) is 3.71. The summed E-state index contributed by atoms with van der Waals surface area (Å²) < 4.78 is 6.42. The van der Waals surface area contributed by atoms with Crippen LogP contribution in [0.1, 0.15) is 35.7 Å². The summed E-state index contributed by atoms with van der Waals surface area (Å²) in [4.78, 5) is 15.5. The number of hydrogen-bond acceptors (Lipinski definition) is 4. The van der Waals surface area contributed by atoms with Gasteiger partial charge in [-0.25, -0.2) is 9.78 Å². The van der Waals surface area contributed by atoms with Crippen LogP contribution in [0.2, 0.25) is 0 Å². The lowest BCUT2D eigenvalue weighted by atomic mass is 10.2. The van der Waals surface area contributed by atoms with E-state index in [0.717, 1.165) is 6.42 Å². The Morgan fingerprint density at radius 1 is 1.75 bits per heavy atom. The highest BCUT2D eigenvalue weighted by Crippen LogP contribution is 2.22. The predicted molar refractivity (Wildman–Crippen MR) is 62.2 cm³/mol. The average molecular weight is 223 g/mol. The van der Waals surface area contributed by atoms with Gasteiger partial charge in [-0.15, -0.1) is 6.58 Å². The van der Waals surface area contributed by atoms with Crippen LogP contribution in [0.15, 0.2) is 12.7 Å². The van der Waals surface area contributed by atoms with Crippen molar-refractivity contribution in [1.82, 2.24) is 9.55 Å². The van der Waals surface area contributed by atoms with E-state index in [1.807, 2.05) is 18.4 Å². The molecule has 0 aromatic carbocycles. The Labute approximate surface area is 94.9 Å². The van der Waals surface area contributed by atoms with Gasteiger partial charge in [0.2, 0.25) is 0 Å². The number of nitrogens with two attached hydrogens (primary N) is 1. The first-order valence-electron chi connectivity index (χ1n) is 5.06. The minimum atomic E-state index is -0.509. The number of esters is 1. The second-order valence-corrected chi connectivity index (χ2v) is 3.63. The van der Waals surface area contributed by atoms with Crippen molar-refractivity contribution in [2.24, 2.45) is 0 Å². The summed E-state index contributed by atoms with van der Waals surface area (Å²) in [6.07, 6.45) is 2.57. The molecule has 1 atom stereocenters. The molecule has 16 heavy (non-hydrogen) atoms. The number of ether oxygens (including phenoxy) is 1. The van der Waals surface area contributed by atoms with Crippen molar-refractivity contribution in [3.8, 4) is 0 Å². The summed E-state index contributed by atoms with van der Waals surface area (Å²) in [5.41, 5.74) is 6.05. The predicted octanol–water partition coefficient (Wildman–Crippen LogP) is 1.70. The first-order valence-corrected chi connectivity index (χ1v) is 5.06. The van der Waals surface area contributed by atoms with E-state index in [-0.39, 0.29) is 11.7 Å². The highest BCUT2D eigenvalue weighted by molar-refractivity contribution is 5.92. The van der Waals surface area contributed by atoms with Crippen molar-refractivity contribution >= 4 is 11.8 Å². The highest BCUT2D eigenvalue weighted by Gasteiger charge is 2.21. The van der Waals surface area contributed by atoms with Crippen molar-refractivity contribution in [3.05, 3.63) is 24.2 Å². The zero-order valence-corrected chi connectivity index (χ0v) is 9.86. The van der Waals surface area contributed by atoms with Gasteiger partial charge in [0.25, 0.3) is 0 Å². The molecule has 1 unspecified atom stereocenters. The van der Waals surface area contributed by atoms with Crippen LogP contribution in [-0.2, 0) is 4.74 Å². The smallest absolute Gasteiger partial charge is 0.360 e. The molecule has 0 saturated carbocycles. The van der Waals surface area contributed by atoms with E-state index >= 15 is 0 Å². The number of aryl methyl sites for hydroxylation is 1. The lowest BCUT2D eigenvalue weighted by Gasteiger charge is -2.14. The normalized spacial score (nSPS) is 12.2. The molecule has 1 aromatic heterocycles. The number of hydrogen-bond donors (Lipinski definition) is 1. The van der Waals surface area contributed by atoms with Gasteiger partial charge in [0.1, 0.15) is 11.6 Å². The molecule has 88 valence electrons. The first kappa shape index (κ1) is 12.3. The molecule has 1 rings (SSSR count). The van der Waals surface area contributed by atoms with Crippen LogP contribution in [0.4, 0.5) is 5.82 Å². The summed E-state index contributed by atoms with van der Waals surface area (Å²) >= 11 is 0. The molecule has 0 spiro atoms. The van der Waals surface area contributed by atoms with Gasteiger partial charge in [0.15, 0.2) is 5.69 Å². The van der Waals surface area contributed by atoms with E-state index in [1.165, 1.54) is 7.11 Å². The molecular formula is C11H17N3O2. The summed E-state index contributed by atoms with van der Waals surface area (Å²) in [5, 5.41) is 0. The summed E-state index contributed by atoms with van der Waals surface area (Å²) in [6.45, 7) is 7.48. The van der Waals surface area contributed by atoms with Gasteiger partial charge in [0, 0.05) is 6.04 Å². The van der Waals surface area contributed by atoms with Gasteiger partial charge in [-0.3, -0.25) is 0 Å². The number of nitrogen functional groups attached to an aromatic ring is 1. The fraction of sp³-hybridized carbons (Fsp3) is 0.455. The quantitative estimate of drug-likeness (QED) is 0.623. The van der Waals surface area contributed by atoms with Gasteiger partial charge in [-0.05, 0) is 20.3 Å². The molecule has 0 aliphatic heterocycles.